The molecule has 1 rings (SSSR count). The monoisotopic (exact) mass is 273 g/mol. The summed E-state index contributed by atoms with van der Waals surface area (Å²) in [6.07, 6.45) is 0.874. The molecule has 0 spiro atoms. The van der Waals surface area contributed by atoms with Gasteiger partial charge in [0.2, 0.25) is 5.91 Å². The van der Waals surface area contributed by atoms with E-state index in [9.17, 15) is 4.79 Å². The van der Waals surface area contributed by atoms with Crippen LogP contribution in [-0.4, -0.2) is 24.5 Å². The number of rotatable bonds is 5. The Balaban J connectivity index is 2.83. The Kier molecular flexibility index (Phi) is 5.15. The molecule has 1 unspecified atom stereocenters. The van der Waals surface area contributed by atoms with E-state index in [0.29, 0.717) is 5.56 Å². The maximum absolute atomic E-state index is 12.3. The van der Waals surface area contributed by atoms with Gasteiger partial charge in [0.1, 0.15) is 6.04 Å². The van der Waals surface area contributed by atoms with Gasteiger partial charge in [0, 0.05) is 18.3 Å². The molecular weight excluding hydrogens is 250 g/mol. The minimum Gasteiger partial charge on any atom is -0.363 e. The van der Waals surface area contributed by atoms with Gasteiger partial charge in [-0.25, -0.2) is 0 Å². The fourth-order valence-electron chi connectivity index (χ4n) is 1.72. The first kappa shape index (κ1) is 16.0. The number of anilines is 1. The van der Waals surface area contributed by atoms with E-state index in [4.69, 9.17) is 5.26 Å². The minimum absolute atomic E-state index is 0.0123. The van der Waals surface area contributed by atoms with Crippen molar-refractivity contribution in [3.63, 3.8) is 0 Å². The molecule has 0 heterocycles. The third kappa shape index (κ3) is 3.99. The average Bonchev–Trinajstić information content (AvgIpc) is 2.45. The summed E-state index contributed by atoms with van der Waals surface area (Å²) in [7, 11) is 1.86. The molecule has 1 N–H and O–H groups in total. The first-order valence-corrected chi connectivity index (χ1v) is 6.85. The standard InChI is InChI=1S/C16H23N3O/c1-6-16(3,4)18-15(20)12(2)19(5)14-9-7-8-13(10-14)11-17/h7-10,12H,6H2,1-5H3,(H,18,20). The zero-order chi connectivity index (χ0) is 15.3. The molecule has 0 aliphatic carbocycles. The van der Waals surface area contributed by atoms with E-state index in [1.54, 1.807) is 12.1 Å². The number of amides is 1. The van der Waals surface area contributed by atoms with Crippen molar-refractivity contribution in [1.29, 1.82) is 5.26 Å². The van der Waals surface area contributed by atoms with Crippen molar-refractivity contribution in [2.24, 2.45) is 0 Å². The molecule has 4 heteroatoms. The maximum Gasteiger partial charge on any atom is 0.242 e. The molecule has 0 aliphatic heterocycles. The summed E-state index contributed by atoms with van der Waals surface area (Å²) in [5.74, 6) is -0.0123. The van der Waals surface area contributed by atoms with Gasteiger partial charge in [0.05, 0.1) is 11.6 Å². The largest absolute Gasteiger partial charge is 0.363 e. The van der Waals surface area contributed by atoms with Crippen LogP contribution in [0.15, 0.2) is 24.3 Å². The number of hydrogen-bond acceptors (Lipinski definition) is 3. The lowest BCUT2D eigenvalue weighted by Gasteiger charge is -2.31. The van der Waals surface area contributed by atoms with Gasteiger partial charge in [0.25, 0.3) is 0 Å². The van der Waals surface area contributed by atoms with E-state index in [1.807, 2.05) is 51.8 Å². The topological polar surface area (TPSA) is 56.1 Å². The Hall–Kier alpha value is -2.02. The SMILES string of the molecule is CCC(C)(C)NC(=O)C(C)N(C)c1cccc(C#N)c1. The van der Waals surface area contributed by atoms with Crippen molar-refractivity contribution in [3.8, 4) is 6.07 Å². The van der Waals surface area contributed by atoms with Crippen molar-refractivity contribution in [2.75, 3.05) is 11.9 Å². The maximum atomic E-state index is 12.3. The second kappa shape index (κ2) is 6.42. The van der Waals surface area contributed by atoms with E-state index in [-0.39, 0.29) is 17.5 Å². The summed E-state index contributed by atoms with van der Waals surface area (Å²) in [4.78, 5) is 14.1. The highest BCUT2D eigenvalue weighted by Crippen LogP contribution is 2.17. The van der Waals surface area contributed by atoms with Crippen LogP contribution in [0.3, 0.4) is 0 Å². The van der Waals surface area contributed by atoms with Gasteiger partial charge in [0.15, 0.2) is 0 Å². The molecular formula is C16H23N3O. The highest BCUT2D eigenvalue weighted by Gasteiger charge is 2.24. The summed E-state index contributed by atoms with van der Waals surface area (Å²) in [5, 5.41) is 12.0. The average molecular weight is 273 g/mol. The van der Waals surface area contributed by atoms with Crippen LogP contribution in [0, 0.1) is 11.3 Å². The number of carbonyl (C=O) groups is 1. The highest BCUT2D eigenvalue weighted by atomic mass is 16.2. The summed E-state index contributed by atoms with van der Waals surface area (Å²) >= 11 is 0. The van der Waals surface area contributed by atoms with Crippen molar-refractivity contribution in [1.82, 2.24) is 5.32 Å². The predicted octanol–water partition coefficient (Wildman–Crippen LogP) is 2.69. The van der Waals surface area contributed by atoms with Crippen molar-refractivity contribution in [3.05, 3.63) is 29.8 Å². The third-order valence-electron chi connectivity index (χ3n) is 3.69. The molecule has 0 radical (unpaired) electrons. The molecule has 20 heavy (non-hydrogen) atoms. The fourth-order valence-corrected chi connectivity index (χ4v) is 1.72. The van der Waals surface area contributed by atoms with Crippen LogP contribution in [0.5, 0.6) is 0 Å². The second-order valence-corrected chi connectivity index (χ2v) is 5.68. The van der Waals surface area contributed by atoms with E-state index in [0.717, 1.165) is 12.1 Å². The summed E-state index contributed by atoms with van der Waals surface area (Å²) in [6, 6.07) is 9.08. The number of likely N-dealkylation sites (N-methyl/N-ethyl adjacent to an activating group) is 1. The first-order chi connectivity index (χ1) is 9.30. The molecule has 1 aromatic rings. The summed E-state index contributed by atoms with van der Waals surface area (Å²) in [6.45, 7) is 7.92. The van der Waals surface area contributed by atoms with Crippen LogP contribution in [0.1, 0.15) is 39.7 Å². The number of nitrogens with one attached hydrogen (secondary N) is 1. The summed E-state index contributed by atoms with van der Waals surface area (Å²) in [5.41, 5.74) is 1.25. The lowest BCUT2D eigenvalue weighted by molar-refractivity contribution is -0.123. The zero-order valence-corrected chi connectivity index (χ0v) is 12.9. The van der Waals surface area contributed by atoms with Crippen molar-refractivity contribution >= 4 is 11.6 Å². The molecule has 4 nitrogen and oxygen atoms in total. The van der Waals surface area contributed by atoms with Crippen LogP contribution in [0.4, 0.5) is 5.69 Å². The molecule has 1 amide bonds. The zero-order valence-electron chi connectivity index (χ0n) is 12.9. The normalized spacial score (nSPS) is 12.4. The Bertz CT molecular complexity index is 517. The molecule has 0 saturated carbocycles. The number of carbonyl (C=O) groups excluding carboxylic acids is 1. The predicted molar refractivity (Wildman–Crippen MR) is 81.5 cm³/mol. The first-order valence-electron chi connectivity index (χ1n) is 6.85. The van der Waals surface area contributed by atoms with E-state index in [2.05, 4.69) is 11.4 Å². The molecule has 0 bridgehead atoms. The molecule has 1 aromatic carbocycles. The van der Waals surface area contributed by atoms with Crippen LogP contribution in [-0.2, 0) is 4.79 Å². The Morgan fingerprint density at radius 2 is 2.15 bits per heavy atom. The number of hydrogen-bond donors (Lipinski definition) is 1. The molecule has 108 valence electrons. The fraction of sp³-hybridized carbons (Fsp3) is 0.500. The molecule has 0 fully saturated rings. The number of nitrogens with zero attached hydrogens (tertiary/aromatic N) is 2. The highest BCUT2D eigenvalue weighted by molar-refractivity contribution is 5.85. The van der Waals surface area contributed by atoms with Crippen LogP contribution in [0.25, 0.3) is 0 Å². The van der Waals surface area contributed by atoms with Gasteiger partial charge in [-0.05, 0) is 45.4 Å². The Labute approximate surface area is 121 Å². The number of nitriles is 1. The van der Waals surface area contributed by atoms with Gasteiger partial charge in [-0.2, -0.15) is 5.26 Å². The lowest BCUT2D eigenvalue weighted by Crippen LogP contribution is -2.51. The van der Waals surface area contributed by atoms with Gasteiger partial charge in [-0.1, -0.05) is 13.0 Å². The number of benzene rings is 1. The summed E-state index contributed by atoms with van der Waals surface area (Å²) < 4.78 is 0. The minimum atomic E-state index is -0.297. The second-order valence-electron chi connectivity index (χ2n) is 5.68. The van der Waals surface area contributed by atoms with Crippen molar-refractivity contribution < 1.29 is 4.79 Å². The molecule has 0 aliphatic rings. The van der Waals surface area contributed by atoms with E-state index >= 15 is 0 Å². The van der Waals surface area contributed by atoms with E-state index < -0.39 is 0 Å². The Morgan fingerprint density at radius 1 is 1.50 bits per heavy atom. The van der Waals surface area contributed by atoms with E-state index in [1.165, 1.54) is 0 Å². The van der Waals surface area contributed by atoms with Gasteiger partial charge >= 0.3 is 0 Å². The van der Waals surface area contributed by atoms with Crippen molar-refractivity contribution in [2.45, 2.75) is 45.7 Å². The van der Waals surface area contributed by atoms with Gasteiger partial charge in [-0.15, -0.1) is 0 Å². The smallest absolute Gasteiger partial charge is 0.242 e. The quantitative estimate of drug-likeness (QED) is 0.897. The van der Waals surface area contributed by atoms with Crippen LogP contribution >= 0.6 is 0 Å². The lowest BCUT2D eigenvalue weighted by atomic mass is 10.0. The third-order valence-corrected chi connectivity index (χ3v) is 3.69. The molecule has 1 atom stereocenters. The Morgan fingerprint density at radius 3 is 2.70 bits per heavy atom. The van der Waals surface area contributed by atoms with Crippen LogP contribution < -0.4 is 10.2 Å². The molecule has 0 saturated heterocycles. The van der Waals surface area contributed by atoms with Gasteiger partial charge < -0.3 is 10.2 Å². The van der Waals surface area contributed by atoms with Gasteiger partial charge in [-0.3, -0.25) is 4.79 Å². The molecule has 0 aromatic heterocycles. The van der Waals surface area contributed by atoms with Crippen LogP contribution in [0.2, 0.25) is 0 Å².